The van der Waals surface area contributed by atoms with Crippen LogP contribution >= 0.6 is 0 Å². The quantitative estimate of drug-likeness (QED) is 0.844. The molecule has 2 rings (SSSR count). The van der Waals surface area contributed by atoms with Crippen LogP contribution in [-0.2, 0) is 13.1 Å². The van der Waals surface area contributed by atoms with E-state index >= 15 is 0 Å². The lowest BCUT2D eigenvalue weighted by molar-refractivity contribution is 0.571. The molecular formula is C15H21N3. The van der Waals surface area contributed by atoms with Crippen molar-refractivity contribution in [3.05, 3.63) is 54.1 Å². The lowest BCUT2D eigenvalue weighted by Crippen LogP contribution is -2.17. The molecule has 0 spiro atoms. The highest BCUT2D eigenvalue weighted by Gasteiger charge is 2.04. The Kier molecular flexibility index (Phi) is 4.53. The van der Waals surface area contributed by atoms with E-state index in [1.807, 2.05) is 12.3 Å². The molecule has 3 heteroatoms. The van der Waals surface area contributed by atoms with E-state index in [4.69, 9.17) is 0 Å². The van der Waals surface area contributed by atoms with Gasteiger partial charge in [0.05, 0.1) is 0 Å². The van der Waals surface area contributed by atoms with Crippen molar-refractivity contribution in [1.82, 2.24) is 14.9 Å². The van der Waals surface area contributed by atoms with Gasteiger partial charge in [0.2, 0.25) is 0 Å². The summed E-state index contributed by atoms with van der Waals surface area (Å²) < 4.78 is 2.24. The van der Waals surface area contributed by atoms with E-state index in [1.54, 1.807) is 6.20 Å². The summed E-state index contributed by atoms with van der Waals surface area (Å²) in [6.07, 6.45) is 9.26. The fraction of sp³-hybridized carbons (Fsp3) is 0.400. The largest absolute Gasteiger partial charge is 0.354 e. The van der Waals surface area contributed by atoms with Gasteiger partial charge in [0, 0.05) is 43.9 Å². The van der Waals surface area contributed by atoms with Crippen LogP contribution in [0.15, 0.2) is 43.0 Å². The Hall–Kier alpha value is -1.61. The van der Waals surface area contributed by atoms with Gasteiger partial charge in [-0.1, -0.05) is 13.0 Å². The topological polar surface area (TPSA) is 29.9 Å². The average molecular weight is 243 g/mol. The first-order chi connectivity index (χ1) is 8.79. The van der Waals surface area contributed by atoms with Crippen LogP contribution in [0.5, 0.6) is 0 Å². The highest BCUT2D eigenvalue weighted by molar-refractivity contribution is 5.14. The fourth-order valence-electron chi connectivity index (χ4n) is 2.01. The van der Waals surface area contributed by atoms with Crippen molar-refractivity contribution >= 4 is 0 Å². The molecule has 1 unspecified atom stereocenters. The summed E-state index contributed by atoms with van der Waals surface area (Å²) in [4.78, 5) is 4.15. The second-order valence-corrected chi connectivity index (χ2v) is 4.65. The maximum atomic E-state index is 4.15. The summed E-state index contributed by atoms with van der Waals surface area (Å²) >= 11 is 0. The van der Waals surface area contributed by atoms with Crippen LogP contribution < -0.4 is 5.32 Å². The van der Waals surface area contributed by atoms with Crippen molar-refractivity contribution < 1.29 is 0 Å². The van der Waals surface area contributed by atoms with Gasteiger partial charge in [-0.3, -0.25) is 4.98 Å². The van der Waals surface area contributed by atoms with Gasteiger partial charge < -0.3 is 9.88 Å². The first kappa shape index (κ1) is 12.8. The van der Waals surface area contributed by atoms with Crippen molar-refractivity contribution in [2.45, 2.75) is 39.4 Å². The Balaban J connectivity index is 1.87. The number of hydrogen-bond donors (Lipinski definition) is 1. The third kappa shape index (κ3) is 3.44. The second kappa shape index (κ2) is 6.36. The number of nitrogens with zero attached hydrogens (tertiary/aromatic N) is 2. The summed E-state index contributed by atoms with van der Waals surface area (Å²) in [6, 6.07) is 6.59. The molecule has 2 aromatic rings. The lowest BCUT2D eigenvalue weighted by Gasteiger charge is -2.12. The molecule has 0 aliphatic rings. The normalized spacial score (nSPS) is 12.6. The van der Waals surface area contributed by atoms with Crippen LogP contribution in [0.3, 0.4) is 0 Å². The standard InChI is InChI=1S/C15H21N3/c1-3-8-18-9-6-14(12-18)10-17-13(2)15-5-4-7-16-11-15/h4-7,9,11-13,17H,3,8,10H2,1-2H3. The predicted octanol–water partition coefficient (Wildman–Crippen LogP) is 3.14. The van der Waals surface area contributed by atoms with Crippen molar-refractivity contribution in [3.63, 3.8) is 0 Å². The minimum atomic E-state index is 0.327. The molecule has 18 heavy (non-hydrogen) atoms. The van der Waals surface area contributed by atoms with Crippen LogP contribution in [0.2, 0.25) is 0 Å². The highest BCUT2D eigenvalue weighted by atomic mass is 14.9. The summed E-state index contributed by atoms with van der Waals surface area (Å²) in [7, 11) is 0. The van der Waals surface area contributed by atoms with E-state index in [1.165, 1.54) is 17.5 Å². The molecule has 0 fully saturated rings. The molecule has 3 nitrogen and oxygen atoms in total. The van der Waals surface area contributed by atoms with E-state index in [0.717, 1.165) is 13.1 Å². The minimum Gasteiger partial charge on any atom is -0.354 e. The Labute approximate surface area is 109 Å². The van der Waals surface area contributed by atoms with Gasteiger partial charge >= 0.3 is 0 Å². The molecule has 0 saturated carbocycles. The van der Waals surface area contributed by atoms with E-state index in [2.05, 4.69) is 53.2 Å². The lowest BCUT2D eigenvalue weighted by atomic mass is 10.1. The number of rotatable bonds is 6. The zero-order chi connectivity index (χ0) is 12.8. The van der Waals surface area contributed by atoms with E-state index in [0.29, 0.717) is 6.04 Å². The average Bonchev–Trinajstić information content (AvgIpc) is 2.85. The van der Waals surface area contributed by atoms with Gasteiger partial charge in [0.1, 0.15) is 0 Å². The van der Waals surface area contributed by atoms with Crippen molar-refractivity contribution in [2.75, 3.05) is 0 Å². The smallest absolute Gasteiger partial charge is 0.0315 e. The molecule has 1 atom stereocenters. The Bertz CT molecular complexity index is 462. The number of pyridine rings is 1. The van der Waals surface area contributed by atoms with Crippen LogP contribution in [0, 0.1) is 0 Å². The maximum absolute atomic E-state index is 4.15. The molecule has 0 aromatic carbocycles. The van der Waals surface area contributed by atoms with Gasteiger partial charge in [-0.25, -0.2) is 0 Å². The van der Waals surface area contributed by atoms with E-state index < -0.39 is 0 Å². The molecule has 0 bridgehead atoms. The van der Waals surface area contributed by atoms with Gasteiger partial charge in [-0.15, -0.1) is 0 Å². The van der Waals surface area contributed by atoms with Crippen LogP contribution in [0.1, 0.15) is 37.4 Å². The minimum absolute atomic E-state index is 0.327. The van der Waals surface area contributed by atoms with Crippen LogP contribution in [-0.4, -0.2) is 9.55 Å². The number of aryl methyl sites for hydroxylation is 1. The summed E-state index contributed by atoms with van der Waals surface area (Å²) in [5.74, 6) is 0. The molecule has 1 N–H and O–H groups in total. The van der Waals surface area contributed by atoms with E-state index in [-0.39, 0.29) is 0 Å². The number of nitrogens with one attached hydrogen (secondary N) is 1. The predicted molar refractivity (Wildman–Crippen MR) is 74.2 cm³/mol. The van der Waals surface area contributed by atoms with Crippen molar-refractivity contribution in [2.24, 2.45) is 0 Å². The van der Waals surface area contributed by atoms with Crippen LogP contribution in [0.25, 0.3) is 0 Å². The zero-order valence-electron chi connectivity index (χ0n) is 11.1. The molecule has 96 valence electrons. The Morgan fingerprint density at radius 2 is 2.28 bits per heavy atom. The Morgan fingerprint density at radius 3 is 3.00 bits per heavy atom. The molecule has 2 aromatic heterocycles. The number of hydrogen-bond acceptors (Lipinski definition) is 2. The highest BCUT2D eigenvalue weighted by Crippen LogP contribution is 2.11. The zero-order valence-corrected chi connectivity index (χ0v) is 11.1. The fourth-order valence-corrected chi connectivity index (χ4v) is 2.01. The second-order valence-electron chi connectivity index (χ2n) is 4.65. The van der Waals surface area contributed by atoms with Crippen LogP contribution in [0.4, 0.5) is 0 Å². The molecule has 2 heterocycles. The van der Waals surface area contributed by atoms with Gasteiger partial charge in [-0.05, 0) is 36.6 Å². The monoisotopic (exact) mass is 243 g/mol. The summed E-state index contributed by atoms with van der Waals surface area (Å²) in [6.45, 7) is 6.35. The molecule has 0 radical (unpaired) electrons. The van der Waals surface area contributed by atoms with Gasteiger partial charge in [-0.2, -0.15) is 0 Å². The third-order valence-electron chi connectivity index (χ3n) is 3.09. The van der Waals surface area contributed by atoms with Crippen molar-refractivity contribution in [1.29, 1.82) is 0 Å². The SMILES string of the molecule is CCCn1ccc(CNC(C)c2cccnc2)c1. The molecule has 0 amide bonds. The first-order valence-electron chi connectivity index (χ1n) is 6.57. The summed E-state index contributed by atoms with van der Waals surface area (Å²) in [5, 5.41) is 3.52. The third-order valence-corrected chi connectivity index (χ3v) is 3.09. The maximum Gasteiger partial charge on any atom is 0.0315 e. The molecule has 0 aliphatic carbocycles. The molecule has 0 saturated heterocycles. The number of aromatic nitrogens is 2. The van der Waals surface area contributed by atoms with Gasteiger partial charge in [0.25, 0.3) is 0 Å². The van der Waals surface area contributed by atoms with Gasteiger partial charge in [0.15, 0.2) is 0 Å². The first-order valence-corrected chi connectivity index (χ1v) is 6.57. The molecular weight excluding hydrogens is 222 g/mol. The van der Waals surface area contributed by atoms with E-state index in [9.17, 15) is 0 Å². The summed E-state index contributed by atoms with van der Waals surface area (Å²) in [5.41, 5.74) is 2.56. The molecule has 0 aliphatic heterocycles. The van der Waals surface area contributed by atoms with Crippen molar-refractivity contribution in [3.8, 4) is 0 Å². The Morgan fingerprint density at radius 1 is 1.39 bits per heavy atom.